The topological polar surface area (TPSA) is 46.6 Å². The predicted octanol–water partition coefficient (Wildman–Crippen LogP) is 4.42. The van der Waals surface area contributed by atoms with Gasteiger partial charge in [-0.1, -0.05) is 43.7 Å². The van der Waals surface area contributed by atoms with Crippen molar-refractivity contribution in [3.05, 3.63) is 42.0 Å². The third-order valence-electron chi connectivity index (χ3n) is 5.25. The van der Waals surface area contributed by atoms with Gasteiger partial charge in [-0.05, 0) is 50.1 Å². The summed E-state index contributed by atoms with van der Waals surface area (Å²) in [5.74, 6) is 1.50. The van der Waals surface area contributed by atoms with Crippen LogP contribution in [-0.2, 0) is 16.4 Å². The van der Waals surface area contributed by atoms with E-state index in [9.17, 15) is 8.42 Å². The van der Waals surface area contributed by atoms with Crippen LogP contribution in [0.2, 0.25) is 0 Å². The lowest BCUT2D eigenvalue weighted by molar-refractivity contribution is 0.192. The fourth-order valence-electron chi connectivity index (χ4n) is 3.86. The Kier molecular flexibility index (Phi) is 6.43. The summed E-state index contributed by atoms with van der Waals surface area (Å²) >= 11 is 0. The van der Waals surface area contributed by atoms with Gasteiger partial charge in [0.1, 0.15) is 5.75 Å². The van der Waals surface area contributed by atoms with Crippen molar-refractivity contribution in [2.75, 3.05) is 18.1 Å². The second kappa shape index (κ2) is 8.61. The summed E-state index contributed by atoms with van der Waals surface area (Å²) in [5.41, 5.74) is 1.17. The van der Waals surface area contributed by atoms with Gasteiger partial charge >= 0.3 is 0 Å². The highest BCUT2D eigenvalue weighted by atomic mass is 32.2. The molecule has 3 rings (SSSR count). The van der Waals surface area contributed by atoms with Crippen LogP contribution < -0.4 is 4.74 Å². The molecule has 1 atom stereocenters. The van der Waals surface area contributed by atoms with E-state index in [2.05, 4.69) is 42.2 Å². The van der Waals surface area contributed by atoms with Crippen LogP contribution in [0.25, 0.3) is 10.8 Å². The van der Waals surface area contributed by atoms with E-state index in [4.69, 9.17) is 4.74 Å². The van der Waals surface area contributed by atoms with E-state index in [1.54, 1.807) is 0 Å². The Hall–Kier alpha value is -1.59. The van der Waals surface area contributed by atoms with Gasteiger partial charge in [-0.2, -0.15) is 0 Å². The number of benzene rings is 2. The van der Waals surface area contributed by atoms with E-state index in [1.165, 1.54) is 16.3 Å². The normalized spacial score (nSPS) is 19.2. The number of nitrogens with zero attached hydrogens (tertiary/aromatic N) is 1. The van der Waals surface area contributed by atoms with Gasteiger partial charge < -0.3 is 4.74 Å². The van der Waals surface area contributed by atoms with Crippen molar-refractivity contribution in [2.45, 2.75) is 58.7 Å². The SMILES string of the molecule is CCCCN(Cc1c(OC(C)C)ccc2ccccc12)C1CCS(=O)(=O)C1. The molecule has 1 aliphatic heterocycles. The average molecular weight is 390 g/mol. The van der Waals surface area contributed by atoms with Gasteiger partial charge in [0.2, 0.25) is 0 Å². The summed E-state index contributed by atoms with van der Waals surface area (Å²) in [7, 11) is -2.90. The molecule has 0 bridgehead atoms. The van der Waals surface area contributed by atoms with Crippen LogP contribution in [-0.4, -0.2) is 43.5 Å². The molecule has 27 heavy (non-hydrogen) atoms. The maximum absolute atomic E-state index is 12.0. The summed E-state index contributed by atoms with van der Waals surface area (Å²) in [6.45, 7) is 7.90. The summed E-state index contributed by atoms with van der Waals surface area (Å²) in [6.07, 6.45) is 3.00. The summed E-state index contributed by atoms with van der Waals surface area (Å²) in [5, 5.41) is 2.39. The third-order valence-corrected chi connectivity index (χ3v) is 7.00. The highest BCUT2D eigenvalue weighted by Crippen LogP contribution is 2.32. The van der Waals surface area contributed by atoms with Crippen LogP contribution in [0.1, 0.15) is 45.6 Å². The van der Waals surface area contributed by atoms with Gasteiger partial charge in [-0.25, -0.2) is 8.42 Å². The van der Waals surface area contributed by atoms with Gasteiger partial charge in [0.15, 0.2) is 9.84 Å². The zero-order chi connectivity index (χ0) is 19.4. The smallest absolute Gasteiger partial charge is 0.151 e. The summed E-state index contributed by atoms with van der Waals surface area (Å²) < 4.78 is 30.2. The lowest BCUT2D eigenvalue weighted by Crippen LogP contribution is -2.36. The predicted molar refractivity (Wildman–Crippen MR) is 112 cm³/mol. The second-order valence-corrected chi connectivity index (χ2v) is 10.0. The van der Waals surface area contributed by atoms with Crippen LogP contribution in [0, 0.1) is 0 Å². The largest absolute Gasteiger partial charge is 0.491 e. The maximum Gasteiger partial charge on any atom is 0.151 e. The molecule has 0 aliphatic carbocycles. The molecule has 1 saturated heterocycles. The molecule has 0 saturated carbocycles. The number of unbranched alkanes of at least 4 members (excludes halogenated alkanes) is 1. The number of ether oxygens (including phenoxy) is 1. The first-order valence-corrected chi connectivity index (χ1v) is 11.8. The van der Waals surface area contributed by atoms with Gasteiger partial charge in [-0.3, -0.25) is 4.90 Å². The molecule has 0 radical (unpaired) electrons. The highest BCUT2D eigenvalue weighted by molar-refractivity contribution is 7.91. The molecular formula is C22H31NO3S. The highest BCUT2D eigenvalue weighted by Gasteiger charge is 2.32. The molecular weight excluding hydrogens is 358 g/mol. The van der Waals surface area contributed by atoms with Crippen molar-refractivity contribution in [1.29, 1.82) is 0 Å². The van der Waals surface area contributed by atoms with Crippen LogP contribution in [0.15, 0.2) is 36.4 Å². The molecule has 1 heterocycles. The van der Waals surface area contributed by atoms with E-state index >= 15 is 0 Å². The minimum Gasteiger partial charge on any atom is -0.491 e. The first-order valence-electron chi connectivity index (χ1n) is 10.0. The van der Waals surface area contributed by atoms with Gasteiger partial charge in [0.05, 0.1) is 17.6 Å². The minimum atomic E-state index is -2.90. The Balaban J connectivity index is 1.97. The zero-order valence-corrected chi connectivity index (χ0v) is 17.5. The fraction of sp³-hybridized carbons (Fsp3) is 0.545. The first kappa shape index (κ1) is 20.2. The number of hydrogen-bond acceptors (Lipinski definition) is 4. The Morgan fingerprint density at radius 3 is 2.63 bits per heavy atom. The lowest BCUT2D eigenvalue weighted by atomic mass is 10.0. The van der Waals surface area contributed by atoms with Crippen molar-refractivity contribution in [3.63, 3.8) is 0 Å². The van der Waals surface area contributed by atoms with Gasteiger partial charge in [0, 0.05) is 18.2 Å². The van der Waals surface area contributed by atoms with E-state index in [0.717, 1.165) is 38.1 Å². The molecule has 5 heteroatoms. The Bertz CT molecular complexity index is 876. The quantitative estimate of drug-likeness (QED) is 0.671. The molecule has 148 valence electrons. The molecule has 0 amide bonds. The molecule has 4 nitrogen and oxygen atoms in total. The minimum absolute atomic E-state index is 0.0980. The second-order valence-electron chi connectivity index (χ2n) is 7.81. The molecule has 1 fully saturated rings. The number of fused-ring (bicyclic) bond motifs is 1. The molecule has 2 aromatic carbocycles. The van der Waals surface area contributed by atoms with Crippen molar-refractivity contribution in [1.82, 2.24) is 4.90 Å². The lowest BCUT2D eigenvalue weighted by Gasteiger charge is -2.29. The van der Waals surface area contributed by atoms with Crippen molar-refractivity contribution >= 4 is 20.6 Å². The fourth-order valence-corrected chi connectivity index (χ4v) is 5.62. The molecule has 0 aromatic heterocycles. The van der Waals surface area contributed by atoms with Crippen LogP contribution in [0.4, 0.5) is 0 Å². The Morgan fingerprint density at radius 2 is 1.96 bits per heavy atom. The van der Waals surface area contributed by atoms with E-state index in [-0.39, 0.29) is 17.9 Å². The summed E-state index contributed by atoms with van der Waals surface area (Å²) in [6, 6.07) is 12.6. The zero-order valence-electron chi connectivity index (χ0n) is 16.6. The van der Waals surface area contributed by atoms with Gasteiger partial charge in [0.25, 0.3) is 0 Å². The first-order chi connectivity index (χ1) is 12.9. The van der Waals surface area contributed by atoms with Crippen molar-refractivity contribution in [3.8, 4) is 5.75 Å². The molecule has 2 aromatic rings. The molecule has 1 unspecified atom stereocenters. The van der Waals surface area contributed by atoms with Crippen LogP contribution in [0.5, 0.6) is 5.75 Å². The van der Waals surface area contributed by atoms with E-state index in [1.807, 2.05) is 19.9 Å². The Labute approximate surface area is 163 Å². The Morgan fingerprint density at radius 1 is 1.19 bits per heavy atom. The monoisotopic (exact) mass is 389 g/mol. The van der Waals surface area contributed by atoms with E-state index in [0.29, 0.717) is 5.75 Å². The standard InChI is InChI=1S/C22H31NO3S/c1-4-5-13-23(19-12-14-27(24,25)16-19)15-21-20-9-7-6-8-18(20)10-11-22(21)26-17(2)3/h6-11,17,19H,4-5,12-16H2,1-3H3. The molecule has 0 N–H and O–H groups in total. The number of rotatable bonds is 8. The van der Waals surface area contributed by atoms with Crippen LogP contribution >= 0.6 is 0 Å². The molecule has 0 spiro atoms. The van der Waals surface area contributed by atoms with Crippen molar-refractivity contribution in [2.24, 2.45) is 0 Å². The number of hydrogen-bond donors (Lipinski definition) is 0. The maximum atomic E-state index is 12.0. The summed E-state index contributed by atoms with van der Waals surface area (Å²) in [4.78, 5) is 2.36. The van der Waals surface area contributed by atoms with Crippen molar-refractivity contribution < 1.29 is 13.2 Å². The molecule has 1 aliphatic rings. The third kappa shape index (κ3) is 5.02. The van der Waals surface area contributed by atoms with E-state index < -0.39 is 9.84 Å². The average Bonchev–Trinajstić information content (AvgIpc) is 2.99. The van der Waals surface area contributed by atoms with Gasteiger partial charge in [-0.15, -0.1) is 0 Å². The van der Waals surface area contributed by atoms with Crippen LogP contribution in [0.3, 0.4) is 0 Å². The number of sulfone groups is 1.